The van der Waals surface area contributed by atoms with E-state index in [0.717, 1.165) is 23.5 Å². The summed E-state index contributed by atoms with van der Waals surface area (Å²) in [5.41, 5.74) is 4.29. The van der Waals surface area contributed by atoms with Gasteiger partial charge in [0.1, 0.15) is 0 Å². The van der Waals surface area contributed by atoms with E-state index in [1.54, 1.807) is 4.90 Å². The van der Waals surface area contributed by atoms with Gasteiger partial charge in [-0.05, 0) is 26.3 Å². The van der Waals surface area contributed by atoms with Crippen LogP contribution in [0.4, 0.5) is 4.79 Å². The smallest absolute Gasteiger partial charge is 0.317 e. The number of amides is 3. The predicted octanol–water partition coefficient (Wildman–Crippen LogP) is 1.51. The van der Waals surface area contributed by atoms with Crippen LogP contribution in [-0.2, 0) is 17.9 Å². The van der Waals surface area contributed by atoms with Crippen molar-refractivity contribution in [1.82, 2.24) is 30.2 Å². The number of nitrogens with one attached hydrogen (secondary N) is 2. The second-order valence-corrected chi connectivity index (χ2v) is 7.67. The van der Waals surface area contributed by atoms with Crippen LogP contribution in [0.25, 0.3) is 0 Å². The van der Waals surface area contributed by atoms with E-state index in [4.69, 9.17) is 0 Å². The van der Waals surface area contributed by atoms with Gasteiger partial charge in [-0.25, -0.2) is 4.79 Å². The van der Waals surface area contributed by atoms with Crippen LogP contribution in [0, 0.1) is 13.8 Å². The van der Waals surface area contributed by atoms with Crippen molar-refractivity contribution >= 4 is 11.9 Å². The first kappa shape index (κ1) is 21.8. The van der Waals surface area contributed by atoms with E-state index in [9.17, 15) is 9.59 Å². The van der Waals surface area contributed by atoms with Gasteiger partial charge in [-0.15, -0.1) is 0 Å². The van der Waals surface area contributed by atoms with Crippen molar-refractivity contribution in [2.24, 2.45) is 0 Å². The van der Waals surface area contributed by atoms with Crippen molar-refractivity contribution < 1.29 is 9.59 Å². The SMILES string of the molecule is CCNC(=O)N1CCN(CC(=O)NCc2c(C)nn(Cc3ccccc3)c2C)CC1. The molecule has 0 atom stereocenters. The van der Waals surface area contributed by atoms with Gasteiger partial charge in [0.25, 0.3) is 0 Å². The molecule has 0 bridgehead atoms. The third kappa shape index (κ3) is 5.60. The first-order chi connectivity index (χ1) is 14.5. The Labute approximate surface area is 178 Å². The van der Waals surface area contributed by atoms with Crippen LogP contribution in [0.3, 0.4) is 0 Å². The molecule has 0 saturated carbocycles. The minimum Gasteiger partial charge on any atom is -0.351 e. The number of hydrogen-bond acceptors (Lipinski definition) is 4. The minimum atomic E-state index is -0.0277. The Bertz CT molecular complexity index is 856. The van der Waals surface area contributed by atoms with Gasteiger partial charge in [-0.3, -0.25) is 14.4 Å². The van der Waals surface area contributed by atoms with Gasteiger partial charge in [0.05, 0.1) is 18.8 Å². The summed E-state index contributed by atoms with van der Waals surface area (Å²) in [6, 6.07) is 10.2. The molecule has 0 unspecified atom stereocenters. The number of carbonyl (C=O) groups excluding carboxylic acids is 2. The quantitative estimate of drug-likeness (QED) is 0.722. The molecule has 8 heteroatoms. The molecule has 30 heavy (non-hydrogen) atoms. The normalized spacial score (nSPS) is 14.6. The number of aryl methyl sites for hydroxylation is 1. The maximum absolute atomic E-state index is 12.5. The number of urea groups is 1. The van der Waals surface area contributed by atoms with Gasteiger partial charge in [0.2, 0.25) is 5.91 Å². The number of aromatic nitrogens is 2. The molecule has 1 fully saturated rings. The fraction of sp³-hybridized carbons (Fsp3) is 0.500. The Morgan fingerprint density at radius 3 is 2.40 bits per heavy atom. The highest BCUT2D eigenvalue weighted by Crippen LogP contribution is 2.14. The van der Waals surface area contributed by atoms with Crippen LogP contribution in [0.2, 0.25) is 0 Å². The second-order valence-electron chi connectivity index (χ2n) is 7.67. The second kappa shape index (κ2) is 10.2. The molecule has 0 radical (unpaired) electrons. The number of carbonyl (C=O) groups is 2. The Morgan fingerprint density at radius 2 is 1.73 bits per heavy atom. The van der Waals surface area contributed by atoms with Crippen LogP contribution >= 0.6 is 0 Å². The van der Waals surface area contributed by atoms with E-state index in [0.29, 0.717) is 45.8 Å². The third-order valence-corrected chi connectivity index (χ3v) is 5.52. The van der Waals surface area contributed by atoms with Crippen LogP contribution in [0.15, 0.2) is 30.3 Å². The molecule has 2 aromatic rings. The molecule has 0 spiro atoms. The van der Waals surface area contributed by atoms with Crippen LogP contribution in [-0.4, -0.2) is 70.8 Å². The maximum atomic E-state index is 12.5. The van der Waals surface area contributed by atoms with Crippen LogP contribution in [0.5, 0.6) is 0 Å². The number of hydrogen-bond donors (Lipinski definition) is 2. The molecule has 0 aliphatic carbocycles. The zero-order valence-electron chi connectivity index (χ0n) is 18.1. The van der Waals surface area contributed by atoms with Gasteiger partial charge >= 0.3 is 6.03 Å². The zero-order valence-corrected chi connectivity index (χ0v) is 18.1. The monoisotopic (exact) mass is 412 g/mol. The molecule has 2 heterocycles. The number of benzene rings is 1. The van der Waals surface area contributed by atoms with E-state index in [1.807, 2.05) is 43.7 Å². The van der Waals surface area contributed by atoms with E-state index in [-0.39, 0.29) is 11.9 Å². The lowest BCUT2D eigenvalue weighted by atomic mass is 10.2. The average Bonchev–Trinajstić information content (AvgIpc) is 3.00. The van der Waals surface area contributed by atoms with Gasteiger partial charge in [0, 0.05) is 50.5 Å². The van der Waals surface area contributed by atoms with Crippen LogP contribution < -0.4 is 10.6 Å². The lowest BCUT2D eigenvalue weighted by molar-refractivity contribution is -0.122. The lowest BCUT2D eigenvalue weighted by Crippen LogP contribution is -2.53. The van der Waals surface area contributed by atoms with Gasteiger partial charge in [0.15, 0.2) is 0 Å². The zero-order chi connectivity index (χ0) is 21.5. The van der Waals surface area contributed by atoms with Crippen molar-refractivity contribution in [3.8, 4) is 0 Å². The Hall–Kier alpha value is -2.87. The number of nitrogens with zero attached hydrogens (tertiary/aromatic N) is 4. The highest BCUT2D eigenvalue weighted by Gasteiger charge is 2.22. The molecule has 1 aliphatic rings. The number of rotatable bonds is 7. The first-order valence-corrected chi connectivity index (χ1v) is 10.6. The summed E-state index contributed by atoms with van der Waals surface area (Å²) in [5, 5.41) is 10.5. The molecule has 1 saturated heterocycles. The lowest BCUT2D eigenvalue weighted by Gasteiger charge is -2.34. The molecule has 1 aliphatic heterocycles. The molecule has 3 rings (SSSR count). The van der Waals surface area contributed by atoms with Crippen molar-refractivity contribution in [3.63, 3.8) is 0 Å². The van der Waals surface area contributed by atoms with E-state index >= 15 is 0 Å². The van der Waals surface area contributed by atoms with Crippen molar-refractivity contribution in [2.45, 2.75) is 33.9 Å². The van der Waals surface area contributed by atoms with E-state index in [2.05, 4.69) is 32.8 Å². The van der Waals surface area contributed by atoms with Crippen molar-refractivity contribution in [3.05, 3.63) is 52.8 Å². The first-order valence-electron chi connectivity index (χ1n) is 10.6. The Morgan fingerprint density at radius 1 is 1.03 bits per heavy atom. The fourth-order valence-corrected chi connectivity index (χ4v) is 3.72. The standard InChI is InChI=1S/C22H32N6O2/c1-4-23-22(30)27-12-10-26(11-13-27)16-21(29)24-14-20-17(2)25-28(18(20)3)15-19-8-6-5-7-9-19/h5-9H,4,10-16H2,1-3H3,(H,23,30)(H,24,29). The summed E-state index contributed by atoms with van der Waals surface area (Å²) in [5.74, 6) is -0.00364. The molecule has 8 nitrogen and oxygen atoms in total. The highest BCUT2D eigenvalue weighted by molar-refractivity contribution is 5.78. The topological polar surface area (TPSA) is 82.5 Å². The molecular formula is C22H32N6O2. The Kier molecular flexibility index (Phi) is 7.46. The van der Waals surface area contributed by atoms with Gasteiger partial charge in [-0.2, -0.15) is 5.10 Å². The third-order valence-electron chi connectivity index (χ3n) is 5.52. The number of piperazine rings is 1. The molecule has 1 aromatic carbocycles. The molecule has 3 amide bonds. The van der Waals surface area contributed by atoms with Gasteiger partial charge in [-0.1, -0.05) is 30.3 Å². The summed E-state index contributed by atoms with van der Waals surface area (Å²) in [6.45, 7) is 10.8. The maximum Gasteiger partial charge on any atom is 0.317 e. The average molecular weight is 413 g/mol. The molecule has 162 valence electrons. The predicted molar refractivity (Wildman–Crippen MR) is 116 cm³/mol. The van der Waals surface area contributed by atoms with Crippen molar-refractivity contribution in [2.75, 3.05) is 39.3 Å². The molecule has 1 aromatic heterocycles. The minimum absolute atomic E-state index is 0.00364. The van der Waals surface area contributed by atoms with E-state index < -0.39 is 0 Å². The molecular weight excluding hydrogens is 380 g/mol. The Balaban J connectivity index is 1.48. The summed E-state index contributed by atoms with van der Waals surface area (Å²) >= 11 is 0. The van der Waals surface area contributed by atoms with E-state index in [1.165, 1.54) is 5.56 Å². The summed E-state index contributed by atoms with van der Waals surface area (Å²) < 4.78 is 1.99. The largest absolute Gasteiger partial charge is 0.351 e. The summed E-state index contributed by atoms with van der Waals surface area (Å²) in [7, 11) is 0. The van der Waals surface area contributed by atoms with Gasteiger partial charge < -0.3 is 15.5 Å². The fourth-order valence-electron chi connectivity index (χ4n) is 3.72. The van der Waals surface area contributed by atoms with Crippen LogP contribution in [0.1, 0.15) is 29.4 Å². The highest BCUT2D eigenvalue weighted by atomic mass is 16.2. The molecule has 2 N–H and O–H groups in total. The summed E-state index contributed by atoms with van der Waals surface area (Å²) in [6.07, 6.45) is 0. The summed E-state index contributed by atoms with van der Waals surface area (Å²) in [4.78, 5) is 28.2. The van der Waals surface area contributed by atoms with Crippen molar-refractivity contribution in [1.29, 1.82) is 0 Å².